The molecule has 2 aromatic carbocycles. The summed E-state index contributed by atoms with van der Waals surface area (Å²) in [6, 6.07) is 13.2. The van der Waals surface area contributed by atoms with Crippen molar-refractivity contribution in [1.29, 1.82) is 0 Å². The van der Waals surface area contributed by atoms with Gasteiger partial charge in [0.15, 0.2) is 6.61 Å². The molecule has 0 radical (unpaired) electrons. The first-order valence-corrected chi connectivity index (χ1v) is 8.79. The summed E-state index contributed by atoms with van der Waals surface area (Å²) >= 11 is 0. The van der Waals surface area contributed by atoms with Crippen molar-refractivity contribution in [2.75, 3.05) is 27.9 Å². The predicted molar refractivity (Wildman–Crippen MR) is 107 cm³/mol. The summed E-state index contributed by atoms with van der Waals surface area (Å²) in [5.41, 5.74) is 2.87. The molecule has 0 aliphatic carbocycles. The summed E-state index contributed by atoms with van der Waals surface area (Å²) < 4.78 is 15.4. The Morgan fingerprint density at radius 3 is 2.39 bits per heavy atom. The molecule has 28 heavy (non-hydrogen) atoms. The van der Waals surface area contributed by atoms with Crippen LogP contribution >= 0.6 is 0 Å². The van der Waals surface area contributed by atoms with Gasteiger partial charge in [-0.1, -0.05) is 29.8 Å². The van der Waals surface area contributed by atoms with Crippen molar-refractivity contribution in [3.63, 3.8) is 0 Å². The number of esters is 1. The molecule has 6 heteroatoms. The maximum Gasteiger partial charge on any atom is 0.331 e. The summed E-state index contributed by atoms with van der Waals surface area (Å²) in [5, 5.41) is 0. The van der Waals surface area contributed by atoms with Gasteiger partial charge in [-0.15, -0.1) is 0 Å². The van der Waals surface area contributed by atoms with Crippen molar-refractivity contribution in [1.82, 2.24) is 4.90 Å². The molecule has 0 N–H and O–H groups in total. The smallest absolute Gasteiger partial charge is 0.331 e. The second kappa shape index (κ2) is 10.2. The van der Waals surface area contributed by atoms with Gasteiger partial charge in [0.05, 0.1) is 14.2 Å². The Kier molecular flexibility index (Phi) is 7.63. The third-order valence-electron chi connectivity index (χ3n) is 4.14. The number of carbonyl (C=O) groups excluding carboxylic acids is 2. The van der Waals surface area contributed by atoms with Gasteiger partial charge in [0.1, 0.15) is 11.5 Å². The molecule has 0 unspecified atom stereocenters. The minimum absolute atomic E-state index is 0.274. The number of carbonyl (C=O) groups is 2. The molecule has 148 valence electrons. The molecule has 0 atom stereocenters. The zero-order valence-corrected chi connectivity index (χ0v) is 16.6. The van der Waals surface area contributed by atoms with Crippen molar-refractivity contribution in [2.24, 2.45) is 0 Å². The number of methoxy groups -OCH3 is 2. The van der Waals surface area contributed by atoms with Crippen molar-refractivity contribution < 1.29 is 23.8 Å². The summed E-state index contributed by atoms with van der Waals surface area (Å²) in [6.07, 6.45) is 2.83. The Morgan fingerprint density at radius 1 is 1.04 bits per heavy atom. The average molecular weight is 383 g/mol. The fourth-order valence-corrected chi connectivity index (χ4v) is 2.46. The van der Waals surface area contributed by atoms with Crippen molar-refractivity contribution in [2.45, 2.75) is 13.5 Å². The Hall–Kier alpha value is -3.28. The second-order valence-corrected chi connectivity index (χ2v) is 6.28. The van der Waals surface area contributed by atoms with Gasteiger partial charge in [-0.25, -0.2) is 4.79 Å². The van der Waals surface area contributed by atoms with Crippen LogP contribution in [0.1, 0.15) is 16.7 Å². The van der Waals surface area contributed by atoms with Crippen LogP contribution in [-0.4, -0.2) is 44.7 Å². The maximum absolute atomic E-state index is 12.2. The summed E-state index contributed by atoms with van der Waals surface area (Å²) in [5.74, 6) is 0.343. The zero-order chi connectivity index (χ0) is 20.5. The molecule has 2 rings (SSSR count). The molecule has 0 aliphatic heterocycles. The topological polar surface area (TPSA) is 65.1 Å². The van der Waals surface area contributed by atoms with Crippen molar-refractivity contribution >= 4 is 18.0 Å². The molecule has 0 aliphatic rings. The first kappa shape index (κ1) is 21.0. The van der Waals surface area contributed by atoms with Gasteiger partial charge in [0.2, 0.25) is 0 Å². The Bertz CT molecular complexity index is 843. The van der Waals surface area contributed by atoms with E-state index >= 15 is 0 Å². The Balaban J connectivity index is 1.86. The van der Waals surface area contributed by atoms with E-state index in [4.69, 9.17) is 14.2 Å². The van der Waals surface area contributed by atoms with Crippen molar-refractivity contribution in [3.8, 4) is 11.5 Å². The van der Waals surface area contributed by atoms with E-state index in [1.165, 1.54) is 18.1 Å². The number of hydrogen-bond acceptors (Lipinski definition) is 5. The maximum atomic E-state index is 12.2. The lowest BCUT2D eigenvalue weighted by Crippen LogP contribution is -2.30. The van der Waals surface area contributed by atoms with Gasteiger partial charge in [-0.2, -0.15) is 0 Å². The lowest BCUT2D eigenvalue weighted by atomic mass is 10.1. The van der Waals surface area contributed by atoms with E-state index in [-0.39, 0.29) is 12.5 Å². The van der Waals surface area contributed by atoms with Gasteiger partial charge in [0, 0.05) is 31.3 Å². The van der Waals surface area contributed by atoms with E-state index < -0.39 is 5.97 Å². The molecule has 0 spiro atoms. The van der Waals surface area contributed by atoms with E-state index in [2.05, 4.69) is 0 Å². The van der Waals surface area contributed by atoms with Crippen LogP contribution < -0.4 is 9.47 Å². The highest BCUT2D eigenvalue weighted by Crippen LogP contribution is 2.25. The monoisotopic (exact) mass is 383 g/mol. The van der Waals surface area contributed by atoms with E-state index in [1.54, 1.807) is 38.4 Å². The summed E-state index contributed by atoms with van der Waals surface area (Å²) in [6.45, 7) is 2.15. The highest BCUT2D eigenvalue weighted by molar-refractivity contribution is 5.89. The van der Waals surface area contributed by atoms with E-state index in [0.717, 1.165) is 11.1 Å². The van der Waals surface area contributed by atoms with E-state index in [1.807, 2.05) is 31.2 Å². The van der Waals surface area contributed by atoms with E-state index in [0.29, 0.717) is 23.6 Å². The number of hydrogen-bond donors (Lipinski definition) is 0. The third-order valence-corrected chi connectivity index (χ3v) is 4.14. The number of amides is 1. The number of nitrogens with zero attached hydrogens (tertiary/aromatic N) is 1. The van der Waals surface area contributed by atoms with Crippen LogP contribution in [0.3, 0.4) is 0 Å². The van der Waals surface area contributed by atoms with E-state index in [9.17, 15) is 9.59 Å². The van der Waals surface area contributed by atoms with Crippen LogP contribution in [0, 0.1) is 6.92 Å². The van der Waals surface area contributed by atoms with Crippen LogP contribution in [0.25, 0.3) is 6.08 Å². The molecular weight excluding hydrogens is 358 g/mol. The SMILES string of the molecule is COc1ccc(/C=C/C(=O)OCC(=O)N(C)Cc2ccc(C)cc2)c(OC)c1. The quantitative estimate of drug-likeness (QED) is 0.517. The van der Waals surface area contributed by atoms with Crippen LogP contribution in [0.2, 0.25) is 0 Å². The number of rotatable bonds is 8. The molecule has 0 aromatic heterocycles. The van der Waals surface area contributed by atoms with Gasteiger partial charge >= 0.3 is 5.97 Å². The highest BCUT2D eigenvalue weighted by Gasteiger charge is 2.11. The average Bonchev–Trinajstić information content (AvgIpc) is 2.71. The van der Waals surface area contributed by atoms with Crippen LogP contribution in [0.5, 0.6) is 11.5 Å². The van der Waals surface area contributed by atoms with Gasteiger partial charge in [-0.05, 0) is 30.7 Å². The number of likely N-dealkylation sites (N-methyl/N-ethyl adjacent to an activating group) is 1. The number of aryl methyl sites for hydroxylation is 1. The minimum Gasteiger partial charge on any atom is -0.497 e. The molecule has 1 amide bonds. The molecule has 0 bridgehead atoms. The fourth-order valence-electron chi connectivity index (χ4n) is 2.46. The molecule has 0 saturated heterocycles. The summed E-state index contributed by atoms with van der Waals surface area (Å²) in [4.78, 5) is 25.6. The van der Waals surface area contributed by atoms with Crippen molar-refractivity contribution in [3.05, 3.63) is 65.2 Å². The van der Waals surface area contributed by atoms with Crippen LogP contribution in [0.4, 0.5) is 0 Å². The summed E-state index contributed by atoms with van der Waals surface area (Å²) in [7, 11) is 4.77. The second-order valence-electron chi connectivity index (χ2n) is 6.28. The molecule has 0 heterocycles. The van der Waals surface area contributed by atoms with Gasteiger partial charge in [-0.3, -0.25) is 4.79 Å². The standard InChI is InChI=1S/C22H25NO5/c1-16-5-7-17(8-6-16)14-23(2)21(24)15-28-22(25)12-10-18-9-11-19(26-3)13-20(18)27-4/h5-13H,14-15H2,1-4H3/b12-10+. The molecule has 0 saturated carbocycles. The minimum atomic E-state index is -0.602. The fraction of sp³-hybridized carbons (Fsp3) is 0.273. The molecule has 2 aromatic rings. The Morgan fingerprint density at radius 2 is 1.75 bits per heavy atom. The first-order chi connectivity index (χ1) is 13.4. The molecule has 6 nitrogen and oxygen atoms in total. The van der Waals surface area contributed by atoms with Crippen LogP contribution in [0.15, 0.2) is 48.5 Å². The normalized spacial score (nSPS) is 10.6. The Labute approximate surface area is 165 Å². The number of benzene rings is 2. The lowest BCUT2D eigenvalue weighted by Gasteiger charge is -2.17. The largest absolute Gasteiger partial charge is 0.497 e. The predicted octanol–water partition coefficient (Wildman–Crippen LogP) is 3.23. The lowest BCUT2D eigenvalue weighted by molar-refractivity contribution is -0.147. The van der Waals surface area contributed by atoms with Gasteiger partial charge in [0.25, 0.3) is 5.91 Å². The van der Waals surface area contributed by atoms with Gasteiger partial charge < -0.3 is 19.1 Å². The number of ether oxygens (including phenoxy) is 3. The molecular formula is C22H25NO5. The highest BCUT2D eigenvalue weighted by atomic mass is 16.5. The third kappa shape index (κ3) is 6.16. The van der Waals surface area contributed by atoms with Crippen LogP contribution in [-0.2, 0) is 20.9 Å². The molecule has 0 fully saturated rings. The zero-order valence-electron chi connectivity index (χ0n) is 16.6. The first-order valence-electron chi connectivity index (χ1n) is 8.79.